The molecule has 0 radical (unpaired) electrons. The molecule has 0 aliphatic carbocycles. The summed E-state index contributed by atoms with van der Waals surface area (Å²) in [6, 6.07) is 6.02. The van der Waals surface area contributed by atoms with Gasteiger partial charge in [-0.2, -0.15) is 0 Å². The second-order valence-corrected chi connectivity index (χ2v) is 3.98. The minimum absolute atomic E-state index is 0.107. The summed E-state index contributed by atoms with van der Waals surface area (Å²) in [4.78, 5) is 13.4. The molecule has 0 saturated heterocycles. The summed E-state index contributed by atoms with van der Waals surface area (Å²) < 4.78 is 0. The van der Waals surface area contributed by atoms with Crippen LogP contribution in [0.25, 0.3) is 0 Å². The van der Waals surface area contributed by atoms with Crippen molar-refractivity contribution < 1.29 is 9.90 Å². The first-order chi connectivity index (χ1) is 7.22. The largest absolute Gasteiger partial charge is 0.396 e. The molecule has 2 rings (SSSR count). The van der Waals surface area contributed by atoms with Gasteiger partial charge in [0.15, 0.2) is 0 Å². The zero-order chi connectivity index (χ0) is 10.8. The van der Waals surface area contributed by atoms with Crippen molar-refractivity contribution in [3.63, 3.8) is 0 Å². The van der Waals surface area contributed by atoms with Crippen molar-refractivity contribution in [2.75, 3.05) is 13.7 Å². The summed E-state index contributed by atoms with van der Waals surface area (Å²) in [6.07, 6.45) is 1.59. The zero-order valence-corrected chi connectivity index (χ0v) is 8.86. The third kappa shape index (κ3) is 1.88. The Kier molecular flexibility index (Phi) is 2.73. The highest BCUT2D eigenvalue weighted by Crippen LogP contribution is 2.22. The molecule has 1 amide bonds. The van der Waals surface area contributed by atoms with E-state index in [1.54, 1.807) is 4.90 Å². The van der Waals surface area contributed by atoms with E-state index < -0.39 is 0 Å². The fraction of sp³-hybridized carbons (Fsp3) is 0.417. The standard InChI is InChI=1S/C12H15NO2/c1-13-8-10-5-4-9(3-2-6-14)7-11(10)12(13)15/h4-5,7,14H,2-3,6,8H2,1H3. The van der Waals surface area contributed by atoms with E-state index in [1.165, 1.54) is 0 Å². The molecule has 0 saturated carbocycles. The van der Waals surface area contributed by atoms with Crippen LogP contribution in [0.1, 0.15) is 27.9 Å². The maximum absolute atomic E-state index is 11.7. The van der Waals surface area contributed by atoms with E-state index in [9.17, 15) is 4.79 Å². The summed E-state index contributed by atoms with van der Waals surface area (Å²) in [6.45, 7) is 0.916. The van der Waals surface area contributed by atoms with Gasteiger partial charge in [0.1, 0.15) is 0 Å². The predicted octanol–water partition coefficient (Wildman–Crippen LogP) is 1.20. The molecule has 80 valence electrons. The molecule has 3 heteroatoms. The molecule has 1 aromatic rings. The summed E-state index contributed by atoms with van der Waals surface area (Å²) in [7, 11) is 1.82. The lowest BCUT2D eigenvalue weighted by Gasteiger charge is -2.04. The maximum atomic E-state index is 11.7. The van der Waals surface area contributed by atoms with Crippen LogP contribution in [0.15, 0.2) is 18.2 Å². The lowest BCUT2D eigenvalue weighted by molar-refractivity contribution is 0.0816. The maximum Gasteiger partial charge on any atom is 0.254 e. The molecule has 0 atom stereocenters. The van der Waals surface area contributed by atoms with E-state index in [2.05, 4.69) is 0 Å². The van der Waals surface area contributed by atoms with Gasteiger partial charge in [0.05, 0.1) is 0 Å². The molecule has 0 spiro atoms. The Morgan fingerprint density at radius 1 is 1.47 bits per heavy atom. The van der Waals surface area contributed by atoms with E-state index in [4.69, 9.17) is 5.11 Å². The molecular weight excluding hydrogens is 190 g/mol. The van der Waals surface area contributed by atoms with Gasteiger partial charge in [0.2, 0.25) is 0 Å². The fourth-order valence-electron chi connectivity index (χ4n) is 1.93. The Balaban J connectivity index is 2.23. The average Bonchev–Trinajstić information content (AvgIpc) is 2.52. The summed E-state index contributed by atoms with van der Waals surface area (Å²) in [5.41, 5.74) is 3.06. The van der Waals surface area contributed by atoms with Gasteiger partial charge in [-0.15, -0.1) is 0 Å². The van der Waals surface area contributed by atoms with Crippen molar-refractivity contribution in [2.24, 2.45) is 0 Å². The van der Waals surface area contributed by atoms with Gasteiger partial charge in [-0.25, -0.2) is 0 Å². The van der Waals surface area contributed by atoms with Gasteiger partial charge >= 0.3 is 0 Å². The van der Waals surface area contributed by atoms with Crippen LogP contribution in [0.2, 0.25) is 0 Å². The Bertz CT molecular complexity index is 387. The van der Waals surface area contributed by atoms with Crippen LogP contribution in [0.5, 0.6) is 0 Å². The number of aryl methyl sites for hydroxylation is 1. The van der Waals surface area contributed by atoms with Crippen molar-refractivity contribution in [1.82, 2.24) is 4.90 Å². The normalized spacial score (nSPS) is 14.5. The van der Waals surface area contributed by atoms with Crippen molar-refractivity contribution >= 4 is 5.91 Å². The number of aliphatic hydroxyl groups is 1. The minimum atomic E-state index is 0.107. The van der Waals surface area contributed by atoms with E-state index in [1.807, 2.05) is 25.2 Å². The SMILES string of the molecule is CN1Cc2ccc(CCCO)cc2C1=O. The van der Waals surface area contributed by atoms with Crippen LogP contribution in [0.3, 0.4) is 0 Å². The molecule has 0 unspecified atom stereocenters. The van der Waals surface area contributed by atoms with Crippen molar-refractivity contribution in [2.45, 2.75) is 19.4 Å². The number of rotatable bonds is 3. The van der Waals surface area contributed by atoms with E-state index in [-0.39, 0.29) is 12.5 Å². The number of benzene rings is 1. The Labute approximate surface area is 89.3 Å². The Hall–Kier alpha value is -1.35. The molecular formula is C12H15NO2. The number of nitrogens with zero attached hydrogens (tertiary/aromatic N) is 1. The van der Waals surface area contributed by atoms with Crippen LogP contribution in [0.4, 0.5) is 0 Å². The first-order valence-corrected chi connectivity index (χ1v) is 5.20. The quantitative estimate of drug-likeness (QED) is 0.805. The highest BCUT2D eigenvalue weighted by molar-refractivity contribution is 5.98. The topological polar surface area (TPSA) is 40.5 Å². The highest BCUT2D eigenvalue weighted by Gasteiger charge is 2.23. The van der Waals surface area contributed by atoms with Gasteiger partial charge in [0.25, 0.3) is 5.91 Å². The number of aliphatic hydroxyl groups excluding tert-OH is 1. The third-order valence-electron chi connectivity index (χ3n) is 2.78. The number of hydrogen-bond donors (Lipinski definition) is 1. The van der Waals surface area contributed by atoms with Gasteiger partial charge < -0.3 is 10.0 Å². The van der Waals surface area contributed by atoms with E-state index in [0.29, 0.717) is 6.54 Å². The third-order valence-corrected chi connectivity index (χ3v) is 2.78. The monoisotopic (exact) mass is 205 g/mol. The van der Waals surface area contributed by atoms with Gasteiger partial charge in [-0.05, 0) is 30.0 Å². The summed E-state index contributed by atoms with van der Waals surface area (Å²) >= 11 is 0. The lowest BCUT2D eigenvalue weighted by Crippen LogP contribution is -2.17. The first-order valence-electron chi connectivity index (χ1n) is 5.20. The van der Waals surface area contributed by atoms with Crippen molar-refractivity contribution in [1.29, 1.82) is 0 Å². The number of amides is 1. The molecule has 0 bridgehead atoms. The molecule has 1 N–H and O–H groups in total. The number of carbonyl (C=O) groups is 1. The average molecular weight is 205 g/mol. The van der Waals surface area contributed by atoms with Crippen LogP contribution in [0, 0.1) is 0 Å². The Morgan fingerprint density at radius 2 is 2.27 bits per heavy atom. The van der Waals surface area contributed by atoms with E-state index >= 15 is 0 Å². The van der Waals surface area contributed by atoms with Gasteiger partial charge in [-0.1, -0.05) is 12.1 Å². The molecule has 1 heterocycles. The molecule has 0 fully saturated rings. The Morgan fingerprint density at radius 3 is 3.00 bits per heavy atom. The predicted molar refractivity (Wildman–Crippen MR) is 57.6 cm³/mol. The first kappa shape index (κ1) is 10.2. The molecule has 0 aromatic heterocycles. The zero-order valence-electron chi connectivity index (χ0n) is 8.86. The molecule has 3 nitrogen and oxygen atoms in total. The molecule has 1 aliphatic rings. The van der Waals surface area contributed by atoms with Gasteiger partial charge in [0, 0.05) is 25.8 Å². The second-order valence-electron chi connectivity index (χ2n) is 3.98. The van der Waals surface area contributed by atoms with Gasteiger partial charge in [-0.3, -0.25) is 4.79 Å². The van der Waals surface area contributed by atoms with Crippen LogP contribution in [-0.2, 0) is 13.0 Å². The number of carbonyl (C=O) groups excluding carboxylic acids is 1. The highest BCUT2D eigenvalue weighted by atomic mass is 16.2. The van der Waals surface area contributed by atoms with Crippen LogP contribution >= 0.6 is 0 Å². The van der Waals surface area contributed by atoms with Crippen molar-refractivity contribution in [3.05, 3.63) is 34.9 Å². The number of fused-ring (bicyclic) bond motifs is 1. The van der Waals surface area contributed by atoms with E-state index in [0.717, 1.165) is 29.5 Å². The minimum Gasteiger partial charge on any atom is -0.396 e. The fourth-order valence-corrected chi connectivity index (χ4v) is 1.93. The van der Waals surface area contributed by atoms with Crippen LogP contribution in [-0.4, -0.2) is 29.6 Å². The molecule has 15 heavy (non-hydrogen) atoms. The second kappa shape index (κ2) is 4.03. The van der Waals surface area contributed by atoms with Crippen molar-refractivity contribution in [3.8, 4) is 0 Å². The smallest absolute Gasteiger partial charge is 0.254 e. The van der Waals surface area contributed by atoms with Crippen LogP contribution < -0.4 is 0 Å². The number of hydrogen-bond acceptors (Lipinski definition) is 2. The summed E-state index contributed by atoms with van der Waals surface area (Å²) in [5.74, 6) is 0.107. The molecule has 1 aliphatic heterocycles. The lowest BCUT2D eigenvalue weighted by atomic mass is 10.0. The molecule has 1 aromatic carbocycles. The summed E-state index contributed by atoms with van der Waals surface area (Å²) in [5, 5.41) is 8.74.